The normalized spacial score (nSPS) is 12.8. The second kappa shape index (κ2) is 4.64. The van der Waals surface area contributed by atoms with Gasteiger partial charge in [-0.3, -0.25) is 0 Å². The summed E-state index contributed by atoms with van der Waals surface area (Å²) in [6.45, 7) is 1.74. The van der Waals surface area contributed by atoms with Crippen molar-refractivity contribution in [1.82, 2.24) is 10.2 Å². The molecule has 0 saturated heterocycles. The molecule has 0 spiro atoms. The summed E-state index contributed by atoms with van der Waals surface area (Å²) in [7, 11) is 0. The quantitative estimate of drug-likeness (QED) is 0.857. The van der Waals surface area contributed by atoms with Gasteiger partial charge in [0, 0.05) is 0 Å². The molecule has 0 fully saturated rings. The summed E-state index contributed by atoms with van der Waals surface area (Å²) in [4.78, 5) is 0. The number of halogens is 3. The molecule has 0 aliphatic carbocycles. The zero-order valence-electron chi connectivity index (χ0n) is 8.75. The number of hydrogen-bond acceptors (Lipinski definition) is 4. The van der Waals surface area contributed by atoms with Crippen LogP contribution in [0, 0.1) is 11.6 Å². The fourth-order valence-corrected chi connectivity index (χ4v) is 2.18. The molecule has 0 amide bonds. The predicted octanol–water partition coefficient (Wildman–Crippen LogP) is 3.16. The van der Waals surface area contributed by atoms with Crippen LogP contribution >= 0.6 is 22.9 Å². The fourth-order valence-electron chi connectivity index (χ4n) is 1.21. The van der Waals surface area contributed by atoms with Crippen molar-refractivity contribution in [1.29, 1.82) is 0 Å². The van der Waals surface area contributed by atoms with Crippen LogP contribution in [0.25, 0.3) is 10.6 Å². The minimum Gasteiger partial charge on any atom is -0.322 e. The highest BCUT2D eigenvalue weighted by molar-refractivity contribution is 7.14. The molecular weight excluding hydrogens is 268 g/mol. The van der Waals surface area contributed by atoms with E-state index >= 15 is 0 Å². The molecule has 7 heteroatoms. The number of nitrogens with two attached hydrogens (primary N) is 1. The molecule has 1 aromatic carbocycles. The lowest BCUT2D eigenvalue weighted by atomic mass is 10.2. The van der Waals surface area contributed by atoms with Gasteiger partial charge in [0.1, 0.15) is 16.6 Å². The third-order valence-corrected chi connectivity index (χ3v) is 3.52. The number of nitrogens with zero attached hydrogens (tertiary/aromatic N) is 2. The standard InChI is InChI=1S/C10H8ClF2N3S/c1-4(14)9-15-16-10(17-9)5-2-8(13)6(11)3-7(5)12/h2-4H,14H2,1H3. The van der Waals surface area contributed by atoms with Gasteiger partial charge in [0.15, 0.2) is 5.01 Å². The molecule has 90 valence electrons. The van der Waals surface area contributed by atoms with E-state index in [1.807, 2.05) is 0 Å². The molecule has 1 heterocycles. The topological polar surface area (TPSA) is 51.8 Å². The lowest BCUT2D eigenvalue weighted by Crippen LogP contribution is -2.03. The van der Waals surface area contributed by atoms with Crippen LogP contribution in [0.2, 0.25) is 5.02 Å². The SMILES string of the molecule is CC(N)c1nnc(-c2cc(F)c(Cl)cc2F)s1. The average Bonchev–Trinajstić information content (AvgIpc) is 2.72. The van der Waals surface area contributed by atoms with Gasteiger partial charge >= 0.3 is 0 Å². The number of benzene rings is 1. The van der Waals surface area contributed by atoms with Crippen LogP contribution in [-0.2, 0) is 0 Å². The number of hydrogen-bond donors (Lipinski definition) is 1. The van der Waals surface area contributed by atoms with Gasteiger partial charge in [-0.05, 0) is 19.1 Å². The van der Waals surface area contributed by atoms with Gasteiger partial charge in [-0.25, -0.2) is 8.78 Å². The molecule has 3 nitrogen and oxygen atoms in total. The van der Waals surface area contributed by atoms with E-state index in [1.165, 1.54) is 0 Å². The first-order chi connectivity index (χ1) is 7.99. The van der Waals surface area contributed by atoms with E-state index in [4.69, 9.17) is 17.3 Å². The summed E-state index contributed by atoms with van der Waals surface area (Å²) in [5, 5.41) is 8.17. The van der Waals surface area contributed by atoms with Crippen molar-refractivity contribution in [2.45, 2.75) is 13.0 Å². The molecule has 1 atom stereocenters. The average molecular weight is 276 g/mol. The third-order valence-electron chi connectivity index (χ3n) is 2.07. The van der Waals surface area contributed by atoms with E-state index in [1.54, 1.807) is 6.92 Å². The molecule has 2 N–H and O–H groups in total. The van der Waals surface area contributed by atoms with Gasteiger partial charge in [-0.2, -0.15) is 0 Å². The first-order valence-electron chi connectivity index (χ1n) is 4.73. The van der Waals surface area contributed by atoms with Crippen molar-refractivity contribution in [3.05, 3.63) is 33.8 Å². The molecule has 0 saturated carbocycles. The zero-order chi connectivity index (χ0) is 12.6. The van der Waals surface area contributed by atoms with Crippen molar-refractivity contribution in [3.8, 4) is 10.6 Å². The summed E-state index contributed by atoms with van der Waals surface area (Å²) in [5.74, 6) is -1.33. The number of aromatic nitrogens is 2. The molecule has 0 aliphatic rings. The summed E-state index contributed by atoms with van der Waals surface area (Å²) >= 11 is 6.59. The van der Waals surface area contributed by atoms with E-state index in [-0.39, 0.29) is 21.6 Å². The summed E-state index contributed by atoms with van der Waals surface area (Å²) in [6.07, 6.45) is 0. The molecule has 0 radical (unpaired) electrons. The van der Waals surface area contributed by atoms with E-state index in [0.717, 1.165) is 23.5 Å². The second-order valence-electron chi connectivity index (χ2n) is 3.48. The minimum absolute atomic E-state index is 0.0382. The Hall–Kier alpha value is -1.11. The fraction of sp³-hybridized carbons (Fsp3) is 0.200. The van der Waals surface area contributed by atoms with Gasteiger partial charge in [-0.15, -0.1) is 10.2 Å². The van der Waals surface area contributed by atoms with Crippen molar-refractivity contribution < 1.29 is 8.78 Å². The highest BCUT2D eigenvalue weighted by Gasteiger charge is 2.15. The Morgan fingerprint density at radius 3 is 2.59 bits per heavy atom. The Bertz CT molecular complexity index is 556. The van der Waals surface area contributed by atoms with Crippen LogP contribution in [0.1, 0.15) is 18.0 Å². The van der Waals surface area contributed by atoms with Gasteiger partial charge in [0.25, 0.3) is 0 Å². The Labute approximate surface area is 105 Å². The molecule has 0 bridgehead atoms. The zero-order valence-corrected chi connectivity index (χ0v) is 10.3. The van der Waals surface area contributed by atoms with E-state index in [2.05, 4.69) is 10.2 Å². The van der Waals surface area contributed by atoms with Crippen LogP contribution in [-0.4, -0.2) is 10.2 Å². The summed E-state index contributed by atoms with van der Waals surface area (Å²) in [6, 6.07) is 1.63. The lowest BCUT2D eigenvalue weighted by molar-refractivity contribution is 0.603. The monoisotopic (exact) mass is 275 g/mol. The highest BCUT2D eigenvalue weighted by Crippen LogP contribution is 2.30. The molecule has 0 aliphatic heterocycles. The van der Waals surface area contributed by atoms with Crippen molar-refractivity contribution in [3.63, 3.8) is 0 Å². The Morgan fingerprint density at radius 1 is 1.29 bits per heavy atom. The first kappa shape index (κ1) is 12.3. The molecule has 1 unspecified atom stereocenters. The molecule has 2 rings (SSSR count). The van der Waals surface area contributed by atoms with Crippen LogP contribution < -0.4 is 5.73 Å². The Kier molecular flexibility index (Phi) is 3.37. The smallest absolute Gasteiger partial charge is 0.150 e. The molecule has 17 heavy (non-hydrogen) atoms. The Morgan fingerprint density at radius 2 is 2.00 bits per heavy atom. The highest BCUT2D eigenvalue weighted by atomic mass is 35.5. The number of rotatable bonds is 2. The van der Waals surface area contributed by atoms with Crippen LogP contribution in [0.4, 0.5) is 8.78 Å². The van der Waals surface area contributed by atoms with Crippen LogP contribution in [0.15, 0.2) is 12.1 Å². The van der Waals surface area contributed by atoms with Crippen molar-refractivity contribution >= 4 is 22.9 Å². The maximum absolute atomic E-state index is 13.6. The van der Waals surface area contributed by atoms with Gasteiger partial charge in [0.2, 0.25) is 0 Å². The maximum atomic E-state index is 13.6. The summed E-state index contributed by atoms with van der Waals surface area (Å²) < 4.78 is 26.8. The van der Waals surface area contributed by atoms with Crippen molar-refractivity contribution in [2.24, 2.45) is 5.73 Å². The van der Waals surface area contributed by atoms with Crippen LogP contribution in [0.3, 0.4) is 0 Å². The van der Waals surface area contributed by atoms with E-state index < -0.39 is 11.6 Å². The largest absolute Gasteiger partial charge is 0.322 e. The van der Waals surface area contributed by atoms with Gasteiger partial charge < -0.3 is 5.73 Å². The van der Waals surface area contributed by atoms with Gasteiger partial charge in [0.05, 0.1) is 16.6 Å². The summed E-state index contributed by atoms with van der Waals surface area (Å²) in [5.41, 5.74) is 5.65. The predicted molar refractivity (Wildman–Crippen MR) is 62.9 cm³/mol. The lowest BCUT2D eigenvalue weighted by Gasteiger charge is -2.00. The molecule has 1 aromatic heterocycles. The maximum Gasteiger partial charge on any atom is 0.150 e. The molecular formula is C10H8ClF2N3S. The van der Waals surface area contributed by atoms with Crippen LogP contribution in [0.5, 0.6) is 0 Å². The van der Waals surface area contributed by atoms with Crippen molar-refractivity contribution in [2.75, 3.05) is 0 Å². The van der Waals surface area contributed by atoms with E-state index in [9.17, 15) is 8.78 Å². The van der Waals surface area contributed by atoms with Gasteiger partial charge in [-0.1, -0.05) is 22.9 Å². The Balaban J connectivity index is 2.49. The minimum atomic E-state index is -0.694. The molecule has 2 aromatic rings. The second-order valence-corrected chi connectivity index (χ2v) is 4.90. The third kappa shape index (κ3) is 2.43. The first-order valence-corrected chi connectivity index (χ1v) is 5.92. The van der Waals surface area contributed by atoms with E-state index in [0.29, 0.717) is 5.01 Å².